The minimum Gasteiger partial charge on any atom is -0.397 e. The minimum atomic E-state index is -3.48. The van der Waals surface area contributed by atoms with E-state index in [2.05, 4.69) is 10.4 Å². The van der Waals surface area contributed by atoms with E-state index in [1.807, 2.05) is 20.2 Å². The molecule has 0 aliphatic heterocycles. The van der Waals surface area contributed by atoms with Gasteiger partial charge in [-0.3, -0.25) is 4.68 Å². The number of anilines is 3. The minimum absolute atomic E-state index is 0.165. The van der Waals surface area contributed by atoms with Gasteiger partial charge in [0.2, 0.25) is 10.0 Å². The first-order valence-corrected chi connectivity index (χ1v) is 7.75. The van der Waals surface area contributed by atoms with Crippen LogP contribution in [-0.4, -0.2) is 36.6 Å². The van der Waals surface area contributed by atoms with Crippen LogP contribution in [0.3, 0.4) is 0 Å². The molecule has 0 aliphatic rings. The molecule has 0 saturated carbocycles. The van der Waals surface area contributed by atoms with Crippen molar-refractivity contribution in [3.05, 3.63) is 30.1 Å². The fraction of sp³-hybridized carbons (Fsp3) is 0.308. The first-order chi connectivity index (χ1) is 9.71. The summed E-state index contributed by atoms with van der Waals surface area (Å²) >= 11 is 0. The van der Waals surface area contributed by atoms with Crippen LogP contribution in [0.25, 0.3) is 0 Å². The molecule has 1 aromatic carbocycles. The Labute approximate surface area is 124 Å². The van der Waals surface area contributed by atoms with E-state index >= 15 is 0 Å². The second-order valence-electron chi connectivity index (χ2n) is 4.96. The van der Waals surface area contributed by atoms with Crippen molar-refractivity contribution in [1.82, 2.24) is 14.1 Å². The Hall–Kier alpha value is -2.06. The molecule has 1 heterocycles. The molecule has 0 saturated heterocycles. The lowest BCUT2D eigenvalue weighted by Gasteiger charge is -2.14. The molecule has 7 nitrogen and oxygen atoms in total. The number of nitrogens with zero attached hydrogens (tertiary/aromatic N) is 3. The topological polar surface area (TPSA) is 93.2 Å². The normalized spacial score (nSPS) is 11.9. The van der Waals surface area contributed by atoms with Crippen LogP contribution in [0.1, 0.15) is 5.69 Å². The maximum atomic E-state index is 12.0. The van der Waals surface area contributed by atoms with Crippen molar-refractivity contribution >= 4 is 27.1 Å². The summed E-state index contributed by atoms with van der Waals surface area (Å²) in [7, 11) is 1.31. The van der Waals surface area contributed by atoms with E-state index in [4.69, 9.17) is 5.73 Å². The summed E-state index contributed by atoms with van der Waals surface area (Å²) in [5.74, 6) is 0. The van der Waals surface area contributed by atoms with E-state index in [0.717, 1.165) is 15.7 Å². The van der Waals surface area contributed by atoms with Gasteiger partial charge in [-0.2, -0.15) is 5.10 Å². The van der Waals surface area contributed by atoms with Crippen LogP contribution in [0.2, 0.25) is 0 Å². The van der Waals surface area contributed by atoms with Gasteiger partial charge in [-0.1, -0.05) is 0 Å². The average Bonchev–Trinajstić information content (AvgIpc) is 2.70. The zero-order valence-electron chi connectivity index (χ0n) is 12.5. The first kappa shape index (κ1) is 15.3. The van der Waals surface area contributed by atoms with Gasteiger partial charge in [0.15, 0.2) is 0 Å². The summed E-state index contributed by atoms with van der Waals surface area (Å²) in [6.07, 6.45) is 1.83. The molecule has 0 spiro atoms. The summed E-state index contributed by atoms with van der Waals surface area (Å²) in [6, 6.07) is 4.63. The summed E-state index contributed by atoms with van der Waals surface area (Å²) in [5.41, 5.74) is 8.62. The van der Waals surface area contributed by atoms with Crippen molar-refractivity contribution in [3.63, 3.8) is 0 Å². The summed E-state index contributed by atoms with van der Waals surface area (Å²) in [5, 5.41) is 7.38. The second kappa shape index (κ2) is 5.38. The maximum absolute atomic E-state index is 12.0. The van der Waals surface area contributed by atoms with Gasteiger partial charge in [0.25, 0.3) is 0 Å². The lowest BCUT2D eigenvalue weighted by molar-refractivity contribution is 0.521. The van der Waals surface area contributed by atoms with Crippen molar-refractivity contribution in [3.8, 4) is 0 Å². The number of benzene rings is 1. The average molecular weight is 309 g/mol. The van der Waals surface area contributed by atoms with Crippen LogP contribution in [0.4, 0.5) is 17.1 Å². The first-order valence-electron chi connectivity index (χ1n) is 6.31. The zero-order chi connectivity index (χ0) is 15.8. The number of nitrogens with two attached hydrogens (primary N) is 1. The molecule has 0 atom stereocenters. The third-order valence-electron chi connectivity index (χ3n) is 3.08. The zero-order valence-corrected chi connectivity index (χ0v) is 13.3. The highest BCUT2D eigenvalue weighted by atomic mass is 32.2. The molecular formula is C13H19N5O2S. The number of aryl methyl sites for hydroxylation is 2. The number of sulfonamides is 1. The van der Waals surface area contributed by atoms with Crippen LogP contribution in [-0.2, 0) is 17.1 Å². The van der Waals surface area contributed by atoms with E-state index in [9.17, 15) is 8.42 Å². The van der Waals surface area contributed by atoms with Crippen molar-refractivity contribution in [2.75, 3.05) is 25.1 Å². The van der Waals surface area contributed by atoms with Crippen LogP contribution >= 0.6 is 0 Å². The lowest BCUT2D eigenvalue weighted by Crippen LogP contribution is -2.22. The highest BCUT2D eigenvalue weighted by Crippen LogP contribution is 2.27. The fourth-order valence-electron chi connectivity index (χ4n) is 1.89. The van der Waals surface area contributed by atoms with E-state index in [-0.39, 0.29) is 4.90 Å². The molecule has 1 aromatic heterocycles. The molecule has 8 heteroatoms. The van der Waals surface area contributed by atoms with Gasteiger partial charge in [0.1, 0.15) is 0 Å². The predicted molar refractivity (Wildman–Crippen MR) is 83.0 cm³/mol. The molecule has 0 aliphatic carbocycles. The van der Waals surface area contributed by atoms with Gasteiger partial charge in [-0.25, -0.2) is 12.7 Å². The fourth-order valence-corrected chi connectivity index (χ4v) is 2.83. The van der Waals surface area contributed by atoms with Crippen molar-refractivity contribution < 1.29 is 8.42 Å². The Morgan fingerprint density at radius 3 is 2.43 bits per heavy atom. The van der Waals surface area contributed by atoms with Gasteiger partial charge in [0, 0.05) is 27.3 Å². The van der Waals surface area contributed by atoms with Crippen LogP contribution in [0, 0.1) is 6.92 Å². The molecule has 3 N–H and O–H groups in total. The van der Waals surface area contributed by atoms with E-state index in [1.165, 1.54) is 26.2 Å². The van der Waals surface area contributed by atoms with Crippen LogP contribution in [0.5, 0.6) is 0 Å². The molecule has 0 amide bonds. The third-order valence-corrected chi connectivity index (χ3v) is 4.90. The SMILES string of the molecule is Cc1nn(C)cc1Nc1ccc(S(=O)(=O)N(C)C)cc1N. The molecular weight excluding hydrogens is 290 g/mol. The highest BCUT2D eigenvalue weighted by molar-refractivity contribution is 7.89. The van der Waals surface area contributed by atoms with Crippen molar-refractivity contribution in [1.29, 1.82) is 0 Å². The van der Waals surface area contributed by atoms with Crippen LogP contribution < -0.4 is 11.1 Å². The summed E-state index contributed by atoms with van der Waals surface area (Å²) < 4.78 is 26.9. The maximum Gasteiger partial charge on any atom is 0.242 e. The Kier molecular flexibility index (Phi) is 3.93. The molecule has 2 rings (SSSR count). The number of hydrogen-bond donors (Lipinski definition) is 2. The highest BCUT2D eigenvalue weighted by Gasteiger charge is 2.18. The van der Waals surface area contributed by atoms with Crippen LogP contribution in [0.15, 0.2) is 29.3 Å². The van der Waals surface area contributed by atoms with Gasteiger partial charge in [0.05, 0.1) is 27.7 Å². The number of aromatic nitrogens is 2. The number of nitrogen functional groups attached to an aromatic ring is 1. The predicted octanol–water partition coefficient (Wildman–Crippen LogP) is 1.30. The second-order valence-corrected chi connectivity index (χ2v) is 7.12. The largest absolute Gasteiger partial charge is 0.397 e. The summed E-state index contributed by atoms with van der Waals surface area (Å²) in [6.45, 7) is 1.88. The molecule has 0 bridgehead atoms. The smallest absolute Gasteiger partial charge is 0.242 e. The van der Waals surface area contributed by atoms with Gasteiger partial charge in [-0.15, -0.1) is 0 Å². The monoisotopic (exact) mass is 309 g/mol. The Morgan fingerprint density at radius 1 is 1.29 bits per heavy atom. The van der Waals surface area contributed by atoms with E-state index in [0.29, 0.717) is 11.4 Å². The Bertz CT molecular complexity index is 765. The van der Waals surface area contributed by atoms with E-state index < -0.39 is 10.0 Å². The summed E-state index contributed by atoms with van der Waals surface area (Å²) in [4.78, 5) is 0.165. The van der Waals surface area contributed by atoms with Gasteiger partial charge < -0.3 is 11.1 Å². The Morgan fingerprint density at radius 2 is 1.95 bits per heavy atom. The van der Waals surface area contributed by atoms with E-state index in [1.54, 1.807) is 10.7 Å². The third kappa shape index (κ3) is 3.01. The molecule has 21 heavy (non-hydrogen) atoms. The molecule has 0 unspecified atom stereocenters. The Balaban J connectivity index is 2.35. The number of nitrogens with one attached hydrogen (secondary N) is 1. The van der Waals surface area contributed by atoms with Gasteiger partial charge >= 0.3 is 0 Å². The number of hydrogen-bond acceptors (Lipinski definition) is 5. The van der Waals surface area contributed by atoms with Crippen molar-refractivity contribution in [2.45, 2.75) is 11.8 Å². The molecule has 0 radical (unpaired) electrons. The molecule has 114 valence electrons. The molecule has 0 fully saturated rings. The van der Waals surface area contributed by atoms with Crippen molar-refractivity contribution in [2.24, 2.45) is 7.05 Å². The molecule has 2 aromatic rings. The number of rotatable bonds is 4. The quantitative estimate of drug-likeness (QED) is 0.831. The lowest BCUT2D eigenvalue weighted by atomic mass is 10.2. The van der Waals surface area contributed by atoms with Gasteiger partial charge in [-0.05, 0) is 25.1 Å². The standard InChI is InChI=1S/C13H19N5O2S/c1-9-13(8-18(4)16-9)15-12-6-5-10(7-11(12)14)21(19,20)17(2)3/h5-8,15H,14H2,1-4H3.